The number of nitrogens with one attached hydrogen (secondary N) is 1. The molecule has 0 radical (unpaired) electrons. The second-order valence-corrected chi connectivity index (χ2v) is 5.97. The van der Waals surface area contributed by atoms with E-state index in [0.717, 1.165) is 12.2 Å². The molecule has 20 heavy (non-hydrogen) atoms. The number of hydrogen-bond donors (Lipinski definition) is 1. The van der Waals surface area contributed by atoms with E-state index >= 15 is 0 Å². The minimum atomic E-state index is -0.0121. The van der Waals surface area contributed by atoms with Crippen LogP contribution in [0.5, 0.6) is 5.75 Å². The van der Waals surface area contributed by atoms with Gasteiger partial charge in [0.15, 0.2) is 6.61 Å². The zero-order chi connectivity index (χ0) is 14.5. The van der Waals surface area contributed by atoms with Gasteiger partial charge in [0, 0.05) is 6.04 Å². The van der Waals surface area contributed by atoms with Crippen LogP contribution < -0.4 is 10.1 Å². The lowest BCUT2D eigenvalue weighted by molar-refractivity contribution is -0.124. The quantitative estimate of drug-likeness (QED) is 0.915. The summed E-state index contributed by atoms with van der Waals surface area (Å²) in [6.07, 6.45) is 4.81. The largest absolute Gasteiger partial charge is 0.484 e. The van der Waals surface area contributed by atoms with Crippen LogP contribution in [-0.2, 0) is 4.79 Å². The predicted molar refractivity (Wildman–Crippen MR) is 81.0 cm³/mol. The van der Waals surface area contributed by atoms with Gasteiger partial charge in [0.05, 0.1) is 0 Å². The SMILES string of the molecule is Cc1ccc(OCC(=O)N[C@@H]2CCCC[C@H]2C)cc1C. The molecule has 3 nitrogen and oxygen atoms in total. The van der Waals surface area contributed by atoms with Gasteiger partial charge in [0.1, 0.15) is 5.75 Å². The Balaban J connectivity index is 1.81. The number of hydrogen-bond acceptors (Lipinski definition) is 2. The van der Waals surface area contributed by atoms with E-state index in [4.69, 9.17) is 4.74 Å². The summed E-state index contributed by atoms with van der Waals surface area (Å²) >= 11 is 0. The van der Waals surface area contributed by atoms with Crippen LogP contribution in [0.25, 0.3) is 0 Å². The van der Waals surface area contributed by atoms with Gasteiger partial charge in [0.2, 0.25) is 0 Å². The summed E-state index contributed by atoms with van der Waals surface area (Å²) in [5.74, 6) is 1.33. The van der Waals surface area contributed by atoms with Gasteiger partial charge in [-0.2, -0.15) is 0 Å². The topological polar surface area (TPSA) is 38.3 Å². The molecule has 0 heterocycles. The van der Waals surface area contributed by atoms with Gasteiger partial charge in [-0.15, -0.1) is 0 Å². The van der Waals surface area contributed by atoms with Crippen molar-refractivity contribution < 1.29 is 9.53 Å². The fourth-order valence-electron chi connectivity index (χ4n) is 2.73. The van der Waals surface area contributed by atoms with Crippen molar-refractivity contribution in [3.63, 3.8) is 0 Å². The van der Waals surface area contributed by atoms with E-state index in [1.807, 2.05) is 25.1 Å². The molecule has 0 saturated heterocycles. The monoisotopic (exact) mass is 275 g/mol. The van der Waals surface area contributed by atoms with E-state index in [1.54, 1.807) is 0 Å². The van der Waals surface area contributed by atoms with Crippen molar-refractivity contribution in [2.75, 3.05) is 6.61 Å². The molecule has 2 atom stereocenters. The molecule has 0 unspecified atom stereocenters. The summed E-state index contributed by atoms with van der Waals surface area (Å²) in [5, 5.41) is 3.10. The molecule has 2 rings (SSSR count). The number of carbonyl (C=O) groups is 1. The molecule has 110 valence electrons. The standard InChI is InChI=1S/C17H25NO2/c1-12-8-9-15(10-14(12)3)20-11-17(19)18-16-7-5-4-6-13(16)2/h8-10,13,16H,4-7,11H2,1-3H3,(H,18,19)/t13-,16-/m1/s1. The van der Waals surface area contributed by atoms with E-state index in [1.165, 1.54) is 30.4 Å². The summed E-state index contributed by atoms with van der Waals surface area (Å²) in [6.45, 7) is 6.43. The van der Waals surface area contributed by atoms with Crippen LogP contribution in [0.1, 0.15) is 43.7 Å². The van der Waals surface area contributed by atoms with Crippen LogP contribution in [0.4, 0.5) is 0 Å². The lowest BCUT2D eigenvalue weighted by Crippen LogP contribution is -2.43. The molecule has 1 saturated carbocycles. The molecular weight excluding hydrogens is 250 g/mol. The van der Waals surface area contributed by atoms with Gasteiger partial charge < -0.3 is 10.1 Å². The number of ether oxygens (including phenoxy) is 1. The van der Waals surface area contributed by atoms with E-state index in [-0.39, 0.29) is 12.5 Å². The van der Waals surface area contributed by atoms with E-state index in [2.05, 4.69) is 19.2 Å². The Morgan fingerprint density at radius 2 is 2.00 bits per heavy atom. The summed E-state index contributed by atoms with van der Waals surface area (Å²) in [5.41, 5.74) is 2.42. The van der Waals surface area contributed by atoms with Crippen LogP contribution >= 0.6 is 0 Å². The highest BCUT2D eigenvalue weighted by Crippen LogP contribution is 2.23. The van der Waals surface area contributed by atoms with Crippen molar-refractivity contribution in [1.82, 2.24) is 5.32 Å². The lowest BCUT2D eigenvalue weighted by Gasteiger charge is -2.29. The molecule has 3 heteroatoms. The highest BCUT2D eigenvalue weighted by Gasteiger charge is 2.22. The number of benzene rings is 1. The first-order chi connectivity index (χ1) is 9.56. The first-order valence-electron chi connectivity index (χ1n) is 7.55. The van der Waals surface area contributed by atoms with E-state index in [0.29, 0.717) is 12.0 Å². The molecular formula is C17H25NO2. The lowest BCUT2D eigenvalue weighted by atomic mass is 9.86. The third kappa shape index (κ3) is 3.99. The summed E-state index contributed by atoms with van der Waals surface area (Å²) in [6, 6.07) is 6.23. The van der Waals surface area contributed by atoms with E-state index < -0.39 is 0 Å². The average Bonchev–Trinajstić information content (AvgIpc) is 2.43. The molecule has 1 aromatic carbocycles. The number of amides is 1. The highest BCUT2D eigenvalue weighted by atomic mass is 16.5. The fourth-order valence-corrected chi connectivity index (χ4v) is 2.73. The molecule has 0 spiro atoms. The molecule has 0 bridgehead atoms. The van der Waals surface area contributed by atoms with Gasteiger partial charge in [-0.3, -0.25) is 4.79 Å². The maximum absolute atomic E-state index is 11.9. The van der Waals surface area contributed by atoms with Crippen LogP contribution in [0.2, 0.25) is 0 Å². The Morgan fingerprint density at radius 3 is 2.70 bits per heavy atom. The smallest absolute Gasteiger partial charge is 0.258 e. The highest BCUT2D eigenvalue weighted by molar-refractivity contribution is 5.77. The minimum absolute atomic E-state index is 0.0121. The first kappa shape index (κ1) is 14.9. The van der Waals surface area contributed by atoms with Crippen molar-refractivity contribution in [2.45, 2.75) is 52.5 Å². The minimum Gasteiger partial charge on any atom is -0.484 e. The Bertz CT molecular complexity index is 470. The third-order valence-corrected chi connectivity index (χ3v) is 4.31. The Hall–Kier alpha value is -1.51. The molecule has 1 amide bonds. The molecule has 1 N–H and O–H groups in total. The van der Waals surface area contributed by atoms with Crippen molar-refractivity contribution in [3.8, 4) is 5.75 Å². The molecule has 1 aliphatic carbocycles. The number of rotatable bonds is 4. The normalized spacial score (nSPS) is 22.4. The van der Waals surface area contributed by atoms with Crippen molar-refractivity contribution >= 4 is 5.91 Å². The van der Waals surface area contributed by atoms with Gasteiger partial charge in [-0.25, -0.2) is 0 Å². The van der Waals surface area contributed by atoms with Gasteiger partial charge in [-0.1, -0.05) is 25.8 Å². The maximum atomic E-state index is 11.9. The summed E-state index contributed by atoms with van der Waals surface area (Å²) in [4.78, 5) is 11.9. The van der Waals surface area contributed by atoms with Gasteiger partial charge >= 0.3 is 0 Å². The van der Waals surface area contributed by atoms with Gasteiger partial charge in [-0.05, 0) is 55.9 Å². The summed E-state index contributed by atoms with van der Waals surface area (Å²) < 4.78 is 5.57. The second-order valence-electron chi connectivity index (χ2n) is 5.97. The molecule has 0 aliphatic heterocycles. The van der Waals surface area contributed by atoms with Crippen LogP contribution in [0.3, 0.4) is 0 Å². The number of aryl methyl sites for hydroxylation is 2. The van der Waals surface area contributed by atoms with Crippen molar-refractivity contribution in [2.24, 2.45) is 5.92 Å². The Labute approximate surface area is 121 Å². The summed E-state index contributed by atoms with van der Waals surface area (Å²) in [7, 11) is 0. The van der Waals surface area contributed by atoms with Crippen LogP contribution in [-0.4, -0.2) is 18.6 Å². The van der Waals surface area contributed by atoms with E-state index in [9.17, 15) is 4.79 Å². The van der Waals surface area contributed by atoms with Crippen molar-refractivity contribution in [1.29, 1.82) is 0 Å². The zero-order valence-electron chi connectivity index (χ0n) is 12.7. The van der Waals surface area contributed by atoms with Crippen LogP contribution in [0, 0.1) is 19.8 Å². The predicted octanol–water partition coefficient (Wildman–Crippen LogP) is 3.38. The molecule has 1 aromatic rings. The molecule has 0 aromatic heterocycles. The van der Waals surface area contributed by atoms with Crippen LogP contribution in [0.15, 0.2) is 18.2 Å². The average molecular weight is 275 g/mol. The fraction of sp³-hybridized carbons (Fsp3) is 0.588. The first-order valence-corrected chi connectivity index (χ1v) is 7.55. The number of carbonyl (C=O) groups excluding carboxylic acids is 1. The Morgan fingerprint density at radius 1 is 1.25 bits per heavy atom. The van der Waals surface area contributed by atoms with Gasteiger partial charge in [0.25, 0.3) is 5.91 Å². The third-order valence-electron chi connectivity index (χ3n) is 4.31. The van der Waals surface area contributed by atoms with Crippen molar-refractivity contribution in [3.05, 3.63) is 29.3 Å². The zero-order valence-corrected chi connectivity index (χ0v) is 12.7. The molecule has 1 aliphatic rings. The maximum Gasteiger partial charge on any atom is 0.258 e. The Kier molecular flexibility index (Phi) is 5.05. The second kappa shape index (κ2) is 6.78. The molecule has 1 fully saturated rings.